The summed E-state index contributed by atoms with van der Waals surface area (Å²) >= 11 is 0. The average Bonchev–Trinajstić information content (AvgIpc) is 3.49. The Labute approximate surface area is 175 Å². The molecule has 2 aromatic heterocycles. The van der Waals surface area contributed by atoms with Crippen molar-refractivity contribution in [2.75, 3.05) is 6.54 Å². The highest BCUT2D eigenvalue weighted by Gasteiger charge is 2.32. The first-order valence-corrected chi connectivity index (χ1v) is 10.4. The van der Waals surface area contributed by atoms with Gasteiger partial charge in [0, 0.05) is 30.9 Å². The van der Waals surface area contributed by atoms with Crippen LogP contribution in [0.15, 0.2) is 67.3 Å². The van der Waals surface area contributed by atoms with Crippen LogP contribution in [0.25, 0.3) is 22.2 Å². The molecule has 3 heterocycles. The molecule has 5 rings (SSSR count). The molecule has 1 aliphatic heterocycles. The van der Waals surface area contributed by atoms with E-state index in [1.807, 2.05) is 54.0 Å². The van der Waals surface area contributed by atoms with Crippen LogP contribution in [0.2, 0.25) is 0 Å². The number of benzene rings is 2. The Morgan fingerprint density at radius 3 is 2.83 bits per heavy atom. The van der Waals surface area contributed by atoms with Crippen LogP contribution < -0.4 is 0 Å². The molecule has 1 fully saturated rings. The number of fused-ring (bicyclic) bond motifs is 1. The first-order valence-electron chi connectivity index (χ1n) is 10.4. The standard InChI is InChI=1S/C24H25N5O/c1-17-9-19(15-29(17)24(30)10-18-5-3-2-4-6-18)14-28-16-25-22-11-20(7-8-23(22)28)21-12-26-27-13-21/h2-8,11-13,16-17,19H,9-10,14-15H2,1H3,(H,26,27)/t17-,19?/m1/s1. The van der Waals surface area contributed by atoms with E-state index in [1.165, 1.54) is 0 Å². The van der Waals surface area contributed by atoms with Gasteiger partial charge in [0.1, 0.15) is 0 Å². The van der Waals surface area contributed by atoms with Crippen molar-refractivity contribution < 1.29 is 4.79 Å². The summed E-state index contributed by atoms with van der Waals surface area (Å²) in [6.07, 6.45) is 7.12. The molecule has 0 radical (unpaired) electrons. The van der Waals surface area contributed by atoms with E-state index in [0.717, 1.165) is 47.2 Å². The summed E-state index contributed by atoms with van der Waals surface area (Å²) in [4.78, 5) is 19.5. The monoisotopic (exact) mass is 399 g/mol. The number of aromatic amines is 1. The molecule has 2 aromatic carbocycles. The molecule has 30 heavy (non-hydrogen) atoms. The summed E-state index contributed by atoms with van der Waals surface area (Å²) in [5.41, 5.74) is 5.35. The Bertz CT molecular complexity index is 1150. The summed E-state index contributed by atoms with van der Waals surface area (Å²) in [7, 11) is 0. The lowest BCUT2D eigenvalue weighted by molar-refractivity contribution is -0.131. The molecule has 1 saturated heterocycles. The molecule has 152 valence electrons. The number of aromatic nitrogens is 4. The third kappa shape index (κ3) is 3.61. The minimum absolute atomic E-state index is 0.219. The maximum atomic E-state index is 12.8. The van der Waals surface area contributed by atoms with Crippen molar-refractivity contribution in [3.05, 3.63) is 72.8 Å². The van der Waals surface area contributed by atoms with Crippen molar-refractivity contribution in [3.8, 4) is 11.1 Å². The van der Waals surface area contributed by atoms with E-state index in [9.17, 15) is 4.79 Å². The first-order chi connectivity index (χ1) is 14.7. The molecule has 1 unspecified atom stereocenters. The van der Waals surface area contributed by atoms with Crippen molar-refractivity contribution in [1.82, 2.24) is 24.6 Å². The molecule has 0 bridgehead atoms. The normalized spacial score (nSPS) is 18.9. The quantitative estimate of drug-likeness (QED) is 0.553. The number of amides is 1. The highest BCUT2D eigenvalue weighted by atomic mass is 16.2. The summed E-state index contributed by atoms with van der Waals surface area (Å²) in [6.45, 7) is 3.84. The molecule has 1 aliphatic rings. The van der Waals surface area contributed by atoms with Gasteiger partial charge >= 0.3 is 0 Å². The zero-order valence-corrected chi connectivity index (χ0v) is 17.0. The predicted molar refractivity (Wildman–Crippen MR) is 117 cm³/mol. The lowest BCUT2D eigenvalue weighted by Gasteiger charge is -2.21. The van der Waals surface area contributed by atoms with Gasteiger partial charge in [0.15, 0.2) is 0 Å². The van der Waals surface area contributed by atoms with Crippen LogP contribution >= 0.6 is 0 Å². The van der Waals surface area contributed by atoms with Gasteiger partial charge in [-0.15, -0.1) is 0 Å². The largest absolute Gasteiger partial charge is 0.339 e. The van der Waals surface area contributed by atoms with Gasteiger partial charge in [-0.25, -0.2) is 4.98 Å². The number of carbonyl (C=O) groups excluding carboxylic acids is 1. The number of hydrogen-bond donors (Lipinski definition) is 1. The van der Waals surface area contributed by atoms with Gasteiger partial charge in [-0.1, -0.05) is 36.4 Å². The Hall–Kier alpha value is -3.41. The van der Waals surface area contributed by atoms with Crippen LogP contribution in [-0.2, 0) is 17.8 Å². The lowest BCUT2D eigenvalue weighted by atomic mass is 10.1. The van der Waals surface area contributed by atoms with Crippen molar-refractivity contribution in [2.45, 2.75) is 32.4 Å². The molecule has 0 saturated carbocycles. The third-order valence-electron chi connectivity index (χ3n) is 6.09. The number of carbonyl (C=O) groups is 1. The fourth-order valence-corrected chi connectivity index (χ4v) is 4.57. The van der Waals surface area contributed by atoms with Gasteiger partial charge in [-0.2, -0.15) is 5.10 Å². The molecule has 6 heteroatoms. The fraction of sp³-hybridized carbons (Fsp3) is 0.292. The first kappa shape index (κ1) is 18.6. The van der Waals surface area contributed by atoms with Gasteiger partial charge in [-0.3, -0.25) is 9.89 Å². The number of H-pyrrole nitrogens is 1. The number of nitrogens with zero attached hydrogens (tertiary/aromatic N) is 4. The molecule has 6 nitrogen and oxygen atoms in total. The fourth-order valence-electron chi connectivity index (χ4n) is 4.57. The van der Waals surface area contributed by atoms with E-state index < -0.39 is 0 Å². The Balaban J connectivity index is 1.28. The number of nitrogens with one attached hydrogen (secondary N) is 1. The predicted octanol–water partition coefficient (Wildman–Crippen LogP) is 3.91. The lowest BCUT2D eigenvalue weighted by Crippen LogP contribution is -2.35. The summed E-state index contributed by atoms with van der Waals surface area (Å²) < 4.78 is 2.22. The summed E-state index contributed by atoms with van der Waals surface area (Å²) in [5.74, 6) is 0.655. The highest BCUT2D eigenvalue weighted by Crippen LogP contribution is 2.28. The second-order valence-corrected chi connectivity index (χ2v) is 8.25. The van der Waals surface area contributed by atoms with E-state index in [4.69, 9.17) is 0 Å². The molecule has 0 spiro atoms. The Morgan fingerprint density at radius 2 is 2.03 bits per heavy atom. The van der Waals surface area contributed by atoms with Crippen LogP contribution in [-0.4, -0.2) is 43.1 Å². The molecule has 1 N–H and O–H groups in total. The smallest absolute Gasteiger partial charge is 0.227 e. The van der Waals surface area contributed by atoms with Crippen molar-refractivity contribution in [1.29, 1.82) is 0 Å². The van der Waals surface area contributed by atoms with Gasteiger partial charge in [-0.05, 0) is 42.5 Å². The van der Waals surface area contributed by atoms with Crippen molar-refractivity contribution >= 4 is 16.9 Å². The van der Waals surface area contributed by atoms with Crippen molar-refractivity contribution in [2.24, 2.45) is 5.92 Å². The molecule has 4 aromatic rings. The van der Waals surface area contributed by atoms with Gasteiger partial charge < -0.3 is 9.47 Å². The number of imidazole rings is 1. The van der Waals surface area contributed by atoms with Gasteiger partial charge in [0.2, 0.25) is 5.91 Å². The number of hydrogen-bond acceptors (Lipinski definition) is 3. The molecule has 0 aliphatic carbocycles. The van der Waals surface area contributed by atoms with Crippen molar-refractivity contribution in [3.63, 3.8) is 0 Å². The SMILES string of the molecule is C[C@@H]1CC(Cn2cnc3cc(-c4cn[nH]c4)ccc32)CN1C(=O)Cc1ccccc1. The van der Waals surface area contributed by atoms with Crippen LogP contribution in [0, 0.1) is 5.92 Å². The second-order valence-electron chi connectivity index (χ2n) is 8.25. The minimum Gasteiger partial charge on any atom is -0.339 e. The van der Waals surface area contributed by atoms with Crippen LogP contribution in [0.4, 0.5) is 0 Å². The van der Waals surface area contributed by atoms with Crippen LogP contribution in [0.5, 0.6) is 0 Å². The number of likely N-dealkylation sites (tertiary alicyclic amines) is 1. The minimum atomic E-state index is 0.219. The molecule has 2 atom stereocenters. The van der Waals surface area contributed by atoms with E-state index in [0.29, 0.717) is 12.3 Å². The van der Waals surface area contributed by atoms with E-state index in [1.54, 1.807) is 0 Å². The van der Waals surface area contributed by atoms with E-state index >= 15 is 0 Å². The highest BCUT2D eigenvalue weighted by molar-refractivity contribution is 5.82. The van der Waals surface area contributed by atoms with Crippen LogP contribution in [0.3, 0.4) is 0 Å². The third-order valence-corrected chi connectivity index (χ3v) is 6.09. The zero-order chi connectivity index (χ0) is 20.5. The second kappa shape index (κ2) is 7.78. The van der Waals surface area contributed by atoms with Gasteiger partial charge in [0.05, 0.1) is 30.0 Å². The topological polar surface area (TPSA) is 66.8 Å². The average molecular weight is 399 g/mol. The zero-order valence-electron chi connectivity index (χ0n) is 17.0. The van der Waals surface area contributed by atoms with Gasteiger partial charge in [0.25, 0.3) is 0 Å². The summed E-state index contributed by atoms with van der Waals surface area (Å²) in [5, 5.41) is 6.88. The van der Waals surface area contributed by atoms with E-state index in [2.05, 4.69) is 44.9 Å². The number of rotatable bonds is 5. The molecule has 1 amide bonds. The Kier molecular flexibility index (Phi) is 4.83. The maximum absolute atomic E-state index is 12.8. The van der Waals surface area contributed by atoms with E-state index in [-0.39, 0.29) is 11.9 Å². The van der Waals surface area contributed by atoms with Crippen LogP contribution in [0.1, 0.15) is 18.9 Å². The Morgan fingerprint density at radius 1 is 1.17 bits per heavy atom. The molecular weight excluding hydrogens is 374 g/mol. The maximum Gasteiger partial charge on any atom is 0.227 e. The molecular formula is C24H25N5O. The summed E-state index contributed by atoms with van der Waals surface area (Å²) in [6, 6.07) is 16.6.